The fraction of sp³-hybridized carbons (Fsp3) is 0.250. The van der Waals surface area contributed by atoms with Gasteiger partial charge in [0.15, 0.2) is 0 Å². The van der Waals surface area contributed by atoms with Crippen molar-refractivity contribution in [3.05, 3.63) is 118 Å². The number of rotatable bonds is 18. The van der Waals surface area contributed by atoms with Crippen molar-refractivity contribution < 1.29 is 18.9 Å². The number of benzene rings is 2. The van der Waals surface area contributed by atoms with Gasteiger partial charge in [-0.05, 0) is 70.8 Å². The molecular formula is C40H40O4S4. The molecule has 4 heterocycles. The number of ether oxygens (including phenoxy) is 4. The number of hydrogen-bond donors (Lipinski definition) is 0. The van der Waals surface area contributed by atoms with Gasteiger partial charge in [-0.25, -0.2) is 0 Å². The van der Waals surface area contributed by atoms with Crippen LogP contribution in [0.1, 0.15) is 20.9 Å². The maximum Gasteiger partial charge on any atom is 0.0700 e. The zero-order valence-electron chi connectivity index (χ0n) is 27.3. The van der Waals surface area contributed by atoms with E-state index in [1.54, 1.807) is 14.2 Å². The summed E-state index contributed by atoms with van der Waals surface area (Å²) < 4.78 is 21.4. The van der Waals surface area contributed by atoms with Crippen molar-refractivity contribution in [1.29, 1.82) is 0 Å². The van der Waals surface area contributed by atoms with E-state index in [9.17, 15) is 0 Å². The Morgan fingerprint density at radius 3 is 1.19 bits per heavy atom. The third-order valence-corrected chi connectivity index (χ3v) is 12.7. The van der Waals surface area contributed by atoms with Gasteiger partial charge in [0.25, 0.3) is 0 Å². The molecule has 4 nitrogen and oxygen atoms in total. The Morgan fingerprint density at radius 1 is 0.396 bits per heavy atom. The van der Waals surface area contributed by atoms with Crippen molar-refractivity contribution in [3.8, 4) is 40.4 Å². The minimum atomic E-state index is 0.642. The standard InChI is InChI=1S/C40H40O4S4/c1-41-25-27-43-23-21-33-13-15-37(45-33)39-19-17-35(47-39)31-9-5-29(6-10-31)3-4-30-7-11-32(12-8-30)36-18-20-40(48-36)38-16-14-34(46-38)22-24-44-28-26-42-2/h3-20H,21-28H2,1-2H3/b4-3+. The summed E-state index contributed by atoms with van der Waals surface area (Å²) in [6.07, 6.45) is 6.24. The lowest BCUT2D eigenvalue weighted by Gasteiger charge is -2.01. The molecule has 6 aromatic rings. The van der Waals surface area contributed by atoms with Crippen LogP contribution in [0.5, 0.6) is 0 Å². The monoisotopic (exact) mass is 712 g/mol. The van der Waals surface area contributed by atoms with Crippen LogP contribution >= 0.6 is 45.3 Å². The summed E-state index contributed by atoms with van der Waals surface area (Å²) in [6.45, 7) is 4.03. The Balaban J connectivity index is 1.00. The number of thiophene rings is 4. The molecule has 0 fully saturated rings. The van der Waals surface area contributed by atoms with Crippen molar-refractivity contribution in [2.24, 2.45) is 0 Å². The van der Waals surface area contributed by atoms with E-state index in [0.717, 1.165) is 26.1 Å². The maximum absolute atomic E-state index is 5.63. The highest BCUT2D eigenvalue weighted by molar-refractivity contribution is 7.24. The van der Waals surface area contributed by atoms with Crippen LogP contribution < -0.4 is 0 Å². The topological polar surface area (TPSA) is 36.9 Å². The van der Waals surface area contributed by atoms with Crippen LogP contribution in [0, 0.1) is 0 Å². The predicted octanol–water partition coefficient (Wildman–Crippen LogP) is 11.2. The molecule has 8 heteroatoms. The molecule has 0 atom stereocenters. The number of methoxy groups -OCH3 is 2. The molecule has 0 N–H and O–H groups in total. The summed E-state index contributed by atoms with van der Waals surface area (Å²) in [5.41, 5.74) is 4.87. The Labute approximate surface area is 299 Å². The molecule has 0 bridgehead atoms. The fourth-order valence-corrected chi connectivity index (χ4v) is 9.26. The van der Waals surface area contributed by atoms with Crippen LogP contribution in [0.25, 0.3) is 52.5 Å². The van der Waals surface area contributed by atoms with Gasteiger partial charge in [-0.2, -0.15) is 0 Å². The summed E-state index contributed by atoms with van der Waals surface area (Å²) in [5, 5.41) is 0. The number of hydrogen-bond acceptors (Lipinski definition) is 8. The molecule has 0 aliphatic carbocycles. The first-order chi connectivity index (χ1) is 23.7. The molecule has 0 aliphatic rings. The molecular weight excluding hydrogens is 673 g/mol. The van der Waals surface area contributed by atoms with E-state index >= 15 is 0 Å². The largest absolute Gasteiger partial charge is 0.382 e. The van der Waals surface area contributed by atoms with Gasteiger partial charge < -0.3 is 18.9 Å². The second-order valence-electron chi connectivity index (χ2n) is 11.1. The average Bonchev–Trinajstić information content (AvgIpc) is 3.95. The fourth-order valence-electron chi connectivity index (χ4n) is 5.08. The van der Waals surface area contributed by atoms with Crippen LogP contribution in [0.15, 0.2) is 97.1 Å². The summed E-state index contributed by atoms with van der Waals surface area (Å²) in [6, 6.07) is 35.5. The molecule has 0 saturated heterocycles. The van der Waals surface area contributed by atoms with Crippen molar-refractivity contribution in [2.45, 2.75) is 12.8 Å². The van der Waals surface area contributed by atoms with E-state index in [1.807, 2.05) is 45.3 Å². The van der Waals surface area contributed by atoms with Crippen LogP contribution in [0.2, 0.25) is 0 Å². The lowest BCUT2D eigenvalue weighted by atomic mass is 10.1. The summed E-state index contributed by atoms with van der Waals surface area (Å²) in [4.78, 5) is 10.5. The molecule has 0 aliphatic heterocycles. The second kappa shape index (κ2) is 18.0. The van der Waals surface area contributed by atoms with Crippen molar-refractivity contribution in [2.75, 3.05) is 53.9 Å². The van der Waals surface area contributed by atoms with E-state index in [4.69, 9.17) is 18.9 Å². The Bertz CT molecular complexity index is 1720. The van der Waals surface area contributed by atoms with Gasteiger partial charge in [-0.3, -0.25) is 0 Å². The molecule has 0 saturated carbocycles. The van der Waals surface area contributed by atoms with Crippen molar-refractivity contribution >= 4 is 57.5 Å². The minimum Gasteiger partial charge on any atom is -0.382 e. The van der Waals surface area contributed by atoms with Crippen molar-refractivity contribution in [1.82, 2.24) is 0 Å². The summed E-state index contributed by atoms with van der Waals surface area (Å²) >= 11 is 7.40. The maximum atomic E-state index is 5.63. The van der Waals surface area contributed by atoms with Crippen LogP contribution in [0.3, 0.4) is 0 Å². The lowest BCUT2D eigenvalue weighted by Crippen LogP contribution is -2.04. The first-order valence-corrected chi connectivity index (χ1v) is 19.4. The molecule has 248 valence electrons. The first-order valence-electron chi connectivity index (χ1n) is 16.1. The molecule has 0 unspecified atom stereocenters. The van der Waals surface area contributed by atoms with Gasteiger partial charge in [0.05, 0.1) is 39.6 Å². The van der Waals surface area contributed by atoms with E-state index < -0.39 is 0 Å². The smallest absolute Gasteiger partial charge is 0.0700 e. The Morgan fingerprint density at radius 2 is 0.771 bits per heavy atom. The molecule has 2 aromatic carbocycles. The van der Waals surface area contributed by atoms with E-state index in [-0.39, 0.29) is 0 Å². The van der Waals surface area contributed by atoms with Gasteiger partial charge in [0.2, 0.25) is 0 Å². The zero-order valence-corrected chi connectivity index (χ0v) is 30.6. The third kappa shape index (κ3) is 9.71. The highest BCUT2D eigenvalue weighted by atomic mass is 32.1. The predicted molar refractivity (Wildman–Crippen MR) is 208 cm³/mol. The highest BCUT2D eigenvalue weighted by Gasteiger charge is 2.10. The van der Waals surface area contributed by atoms with Crippen LogP contribution in [-0.4, -0.2) is 53.9 Å². The summed E-state index contributed by atoms with van der Waals surface area (Å²) in [7, 11) is 3.40. The van der Waals surface area contributed by atoms with Gasteiger partial charge in [0, 0.05) is 66.1 Å². The molecule has 0 amide bonds. The Kier molecular flexibility index (Phi) is 13.0. The summed E-state index contributed by atoms with van der Waals surface area (Å²) in [5.74, 6) is 0. The van der Waals surface area contributed by atoms with E-state index in [2.05, 4.69) is 109 Å². The zero-order chi connectivity index (χ0) is 33.0. The van der Waals surface area contributed by atoms with Gasteiger partial charge in [0.1, 0.15) is 0 Å². The SMILES string of the molecule is COCCOCCc1ccc(-c2ccc(-c3ccc(/C=C/c4ccc(-c5ccc(-c6ccc(CCOCCOC)s6)s5)cc4)cc3)s2)s1. The second-order valence-corrected chi connectivity index (χ2v) is 15.7. The quantitative estimate of drug-likeness (QED) is 0.0657. The average molecular weight is 713 g/mol. The van der Waals surface area contributed by atoms with Crippen molar-refractivity contribution in [3.63, 3.8) is 0 Å². The minimum absolute atomic E-state index is 0.642. The molecule has 48 heavy (non-hydrogen) atoms. The van der Waals surface area contributed by atoms with Gasteiger partial charge in [-0.15, -0.1) is 45.3 Å². The van der Waals surface area contributed by atoms with E-state index in [1.165, 1.54) is 61.3 Å². The molecule has 6 rings (SSSR count). The lowest BCUT2D eigenvalue weighted by molar-refractivity contribution is 0.0725. The van der Waals surface area contributed by atoms with Crippen LogP contribution in [0.4, 0.5) is 0 Å². The normalized spacial score (nSPS) is 11.6. The Hall–Kier alpha value is -3.18. The van der Waals surface area contributed by atoms with Gasteiger partial charge >= 0.3 is 0 Å². The van der Waals surface area contributed by atoms with Gasteiger partial charge in [-0.1, -0.05) is 60.7 Å². The highest BCUT2D eigenvalue weighted by Crippen LogP contribution is 2.39. The van der Waals surface area contributed by atoms with Crippen LogP contribution in [-0.2, 0) is 31.8 Å². The third-order valence-electron chi connectivity index (χ3n) is 7.73. The molecule has 0 spiro atoms. The molecule has 4 aromatic heterocycles. The first kappa shape index (κ1) is 34.7. The molecule has 0 radical (unpaired) electrons. The van der Waals surface area contributed by atoms with E-state index in [0.29, 0.717) is 26.4 Å².